The van der Waals surface area contributed by atoms with Gasteiger partial charge in [-0.1, -0.05) is 103 Å². The summed E-state index contributed by atoms with van der Waals surface area (Å²) in [4.78, 5) is 21.2. The van der Waals surface area contributed by atoms with Crippen LogP contribution in [0.5, 0.6) is 0 Å². The fourth-order valence-corrected chi connectivity index (χ4v) is 5.26. The van der Waals surface area contributed by atoms with Crippen molar-refractivity contribution in [2.45, 2.75) is 0 Å². The SMILES string of the molecule is O=C1C(=Cc2ccccc2)SC(=Nc2cccc3ccccc23)N1c1cccc2ccccc12. The van der Waals surface area contributed by atoms with Gasteiger partial charge in [-0.3, -0.25) is 9.69 Å². The van der Waals surface area contributed by atoms with Crippen LogP contribution in [-0.2, 0) is 4.79 Å². The third-order valence-electron chi connectivity index (χ3n) is 5.89. The summed E-state index contributed by atoms with van der Waals surface area (Å²) in [5.74, 6) is -0.0656. The second-order valence-corrected chi connectivity index (χ2v) is 9.06. The van der Waals surface area contributed by atoms with Crippen LogP contribution in [0.1, 0.15) is 5.56 Å². The van der Waals surface area contributed by atoms with E-state index in [1.807, 2.05) is 84.9 Å². The van der Waals surface area contributed by atoms with Gasteiger partial charge in [-0.15, -0.1) is 0 Å². The lowest BCUT2D eigenvalue weighted by molar-refractivity contribution is -0.113. The fourth-order valence-electron chi connectivity index (χ4n) is 4.27. The number of amides is 1. The Morgan fingerprint density at radius 1 is 0.647 bits per heavy atom. The van der Waals surface area contributed by atoms with Crippen LogP contribution in [0.25, 0.3) is 27.6 Å². The minimum atomic E-state index is -0.0656. The first-order chi connectivity index (χ1) is 16.8. The van der Waals surface area contributed by atoms with Crippen molar-refractivity contribution < 1.29 is 4.79 Å². The number of carbonyl (C=O) groups excluding carboxylic acids is 1. The molecule has 1 amide bonds. The van der Waals surface area contributed by atoms with Gasteiger partial charge in [0, 0.05) is 10.8 Å². The first-order valence-corrected chi connectivity index (χ1v) is 11.9. The van der Waals surface area contributed by atoms with Crippen molar-refractivity contribution in [3.05, 3.63) is 126 Å². The van der Waals surface area contributed by atoms with Crippen LogP contribution in [0.15, 0.2) is 125 Å². The van der Waals surface area contributed by atoms with Gasteiger partial charge < -0.3 is 0 Å². The normalized spacial score (nSPS) is 16.2. The van der Waals surface area contributed by atoms with E-state index in [2.05, 4.69) is 36.4 Å². The lowest BCUT2D eigenvalue weighted by atomic mass is 10.1. The molecule has 0 spiro atoms. The van der Waals surface area contributed by atoms with E-state index < -0.39 is 0 Å². The van der Waals surface area contributed by atoms with Crippen LogP contribution in [0.3, 0.4) is 0 Å². The summed E-state index contributed by atoms with van der Waals surface area (Å²) in [6.45, 7) is 0. The number of aliphatic imine (C=N–C) groups is 1. The molecule has 0 unspecified atom stereocenters. The molecule has 1 aliphatic heterocycles. The molecule has 1 fully saturated rings. The minimum Gasteiger partial charge on any atom is -0.268 e. The lowest BCUT2D eigenvalue weighted by Crippen LogP contribution is -2.28. The van der Waals surface area contributed by atoms with Gasteiger partial charge in [0.2, 0.25) is 0 Å². The molecule has 1 saturated heterocycles. The van der Waals surface area contributed by atoms with E-state index >= 15 is 0 Å². The average Bonchev–Trinajstić information content (AvgIpc) is 3.18. The van der Waals surface area contributed by atoms with Crippen molar-refractivity contribution >= 4 is 61.8 Å². The van der Waals surface area contributed by atoms with Crippen LogP contribution in [-0.4, -0.2) is 11.1 Å². The molecule has 6 rings (SSSR count). The number of nitrogens with zero attached hydrogens (tertiary/aromatic N) is 2. The van der Waals surface area contributed by atoms with E-state index in [4.69, 9.17) is 4.99 Å². The van der Waals surface area contributed by atoms with E-state index in [1.54, 1.807) is 4.90 Å². The second-order valence-electron chi connectivity index (χ2n) is 8.05. The summed E-state index contributed by atoms with van der Waals surface area (Å²) < 4.78 is 0. The molecular formula is C30H20N2OS. The van der Waals surface area contributed by atoms with E-state index in [9.17, 15) is 4.79 Å². The van der Waals surface area contributed by atoms with Gasteiger partial charge in [0.1, 0.15) is 0 Å². The Hall–Kier alpha value is -4.15. The fraction of sp³-hybridized carbons (Fsp3) is 0. The number of amidine groups is 1. The zero-order valence-electron chi connectivity index (χ0n) is 18.3. The van der Waals surface area contributed by atoms with Crippen LogP contribution in [0, 0.1) is 0 Å². The molecule has 1 aliphatic rings. The van der Waals surface area contributed by atoms with Crippen LogP contribution in [0.2, 0.25) is 0 Å². The van der Waals surface area contributed by atoms with E-state index in [1.165, 1.54) is 11.8 Å². The molecule has 5 aromatic rings. The summed E-state index contributed by atoms with van der Waals surface area (Å²) in [6.07, 6.45) is 1.94. The van der Waals surface area contributed by atoms with Crippen molar-refractivity contribution in [3.8, 4) is 0 Å². The Morgan fingerprint density at radius 2 is 1.26 bits per heavy atom. The quantitative estimate of drug-likeness (QED) is 0.259. The van der Waals surface area contributed by atoms with Gasteiger partial charge in [0.15, 0.2) is 5.17 Å². The Balaban J connectivity index is 1.55. The molecule has 0 aromatic heterocycles. The molecule has 0 saturated carbocycles. The number of fused-ring (bicyclic) bond motifs is 2. The predicted molar refractivity (Wildman–Crippen MR) is 144 cm³/mol. The number of benzene rings is 5. The molecule has 0 radical (unpaired) electrons. The highest BCUT2D eigenvalue weighted by Gasteiger charge is 2.35. The number of anilines is 1. The Bertz CT molecular complexity index is 1590. The van der Waals surface area contributed by atoms with Crippen molar-refractivity contribution in [1.82, 2.24) is 0 Å². The van der Waals surface area contributed by atoms with Crippen molar-refractivity contribution in [3.63, 3.8) is 0 Å². The number of hydrogen-bond acceptors (Lipinski definition) is 3. The number of thioether (sulfide) groups is 1. The highest BCUT2D eigenvalue weighted by Crippen LogP contribution is 2.40. The third kappa shape index (κ3) is 3.68. The molecule has 5 aromatic carbocycles. The monoisotopic (exact) mass is 456 g/mol. The van der Waals surface area contributed by atoms with E-state index in [-0.39, 0.29) is 5.91 Å². The van der Waals surface area contributed by atoms with Gasteiger partial charge >= 0.3 is 0 Å². The van der Waals surface area contributed by atoms with Crippen LogP contribution in [0.4, 0.5) is 11.4 Å². The summed E-state index contributed by atoms with van der Waals surface area (Å²) in [5, 5.41) is 4.94. The zero-order valence-corrected chi connectivity index (χ0v) is 19.1. The molecule has 34 heavy (non-hydrogen) atoms. The number of hydrogen-bond donors (Lipinski definition) is 0. The van der Waals surface area contributed by atoms with Crippen LogP contribution >= 0.6 is 11.8 Å². The van der Waals surface area contributed by atoms with Gasteiger partial charge in [0.25, 0.3) is 5.91 Å². The summed E-state index contributed by atoms with van der Waals surface area (Å²) in [5.41, 5.74) is 2.67. The first kappa shape index (κ1) is 20.5. The number of rotatable bonds is 3. The Kier molecular flexibility index (Phi) is 5.21. The highest BCUT2D eigenvalue weighted by atomic mass is 32.2. The molecular weight excluding hydrogens is 436 g/mol. The first-order valence-electron chi connectivity index (χ1n) is 11.1. The molecule has 0 bridgehead atoms. The summed E-state index contributed by atoms with van der Waals surface area (Å²) in [7, 11) is 0. The van der Waals surface area contributed by atoms with Crippen molar-refractivity contribution in [1.29, 1.82) is 0 Å². The molecule has 3 nitrogen and oxygen atoms in total. The van der Waals surface area contributed by atoms with Gasteiger partial charge in [-0.05, 0) is 46.3 Å². The largest absolute Gasteiger partial charge is 0.271 e. The third-order valence-corrected chi connectivity index (χ3v) is 6.86. The molecule has 0 aliphatic carbocycles. The smallest absolute Gasteiger partial charge is 0.268 e. The molecule has 4 heteroatoms. The maximum atomic E-state index is 13.8. The van der Waals surface area contributed by atoms with Crippen LogP contribution < -0.4 is 4.90 Å². The van der Waals surface area contributed by atoms with E-state index in [0.717, 1.165) is 38.5 Å². The van der Waals surface area contributed by atoms with Gasteiger partial charge in [-0.2, -0.15) is 0 Å². The predicted octanol–water partition coefficient (Wildman–Crippen LogP) is 7.80. The lowest BCUT2D eigenvalue weighted by Gasteiger charge is -2.18. The maximum absolute atomic E-state index is 13.8. The number of carbonyl (C=O) groups is 1. The summed E-state index contributed by atoms with van der Waals surface area (Å²) in [6, 6.07) is 38.4. The average molecular weight is 457 g/mol. The summed E-state index contributed by atoms with van der Waals surface area (Å²) >= 11 is 1.42. The molecule has 162 valence electrons. The molecule has 0 atom stereocenters. The minimum absolute atomic E-state index is 0.0656. The second kappa shape index (κ2) is 8.65. The van der Waals surface area contributed by atoms with E-state index in [0.29, 0.717) is 10.1 Å². The standard InChI is InChI=1S/C30H20N2OS/c33-29-28(20-21-10-2-1-3-11-21)34-30(31-26-18-8-14-22-12-4-6-16-24(22)26)32(29)27-19-9-15-23-13-5-7-17-25(23)27/h1-20H. The van der Waals surface area contributed by atoms with Crippen molar-refractivity contribution in [2.75, 3.05) is 4.90 Å². The molecule has 0 N–H and O–H groups in total. The highest BCUT2D eigenvalue weighted by molar-refractivity contribution is 8.19. The van der Waals surface area contributed by atoms with Crippen molar-refractivity contribution in [2.24, 2.45) is 4.99 Å². The zero-order chi connectivity index (χ0) is 22.9. The maximum Gasteiger partial charge on any atom is 0.271 e. The van der Waals surface area contributed by atoms with Gasteiger partial charge in [-0.25, -0.2) is 4.99 Å². The molecule has 1 heterocycles. The Morgan fingerprint density at radius 3 is 2.06 bits per heavy atom. The Labute approximate surface area is 202 Å². The van der Waals surface area contributed by atoms with Gasteiger partial charge in [0.05, 0.1) is 16.3 Å². The topological polar surface area (TPSA) is 32.7 Å².